The zero-order valence-corrected chi connectivity index (χ0v) is 10.8. The SMILES string of the molecule is C[Si](C)(CCC(F)(F)CN)c1ccccc1. The third kappa shape index (κ3) is 3.68. The van der Waals surface area contributed by atoms with Gasteiger partial charge in [0.05, 0.1) is 14.6 Å². The van der Waals surface area contributed by atoms with Crippen molar-refractivity contribution >= 4 is 13.3 Å². The lowest BCUT2D eigenvalue weighted by atomic mass is 10.3. The topological polar surface area (TPSA) is 26.0 Å². The van der Waals surface area contributed by atoms with Crippen molar-refractivity contribution in [3.8, 4) is 0 Å². The summed E-state index contributed by atoms with van der Waals surface area (Å²) in [7, 11) is -1.74. The molecule has 0 aromatic heterocycles. The molecule has 1 nitrogen and oxygen atoms in total. The van der Waals surface area contributed by atoms with Crippen molar-refractivity contribution in [2.75, 3.05) is 6.54 Å². The molecule has 1 aromatic rings. The average molecular weight is 243 g/mol. The molecule has 0 aliphatic rings. The first-order chi connectivity index (χ1) is 7.37. The fourth-order valence-electron chi connectivity index (χ4n) is 1.63. The van der Waals surface area contributed by atoms with Crippen molar-refractivity contribution in [3.63, 3.8) is 0 Å². The second-order valence-corrected chi connectivity index (χ2v) is 9.66. The summed E-state index contributed by atoms with van der Waals surface area (Å²) in [5.41, 5.74) is 5.04. The van der Waals surface area contributed by atoms with Gasteiger partial charge in [-0.3, -0.25) is 0 Å². The number of hydrogen-bond acceptors (Lipinski definition) is 1. The summed E-state index contributed by atoms with van der Waals surface area (Å²) < 4.78 is 26.2. The highest BCUT2D eigenvalue weighted by Crippen LogP contribution is 2.23. The lowest BCUT2D eigenvalue weighted by Crippen LogP contribution is -2.43. The molecule has 0 fully saturated rings. The predicted octanol–water partition coefficient (Wildman–Crippen LogP) is 2.59. The van der Waals surface area contributed by atoms with Gasteiger partial charge in [0.15, 0.2) is 0 Å². The van der Waals surface area contributed by atoms with E-state index < -0.39 is 20.5 Å². The van der Waals surface area contributed by atoms with E-state index in [0.717, 1.165) is 0 Å². The first-order valence-electron chi connectivity index (χ1n) is 5.51. The van der Waals surface area contributed by atoms with Crippen LogP contribution in [0.1, 0.15) is 6.42 Å². The van der Waals surface area contributed by atoms with E-state index in [9.17, 15) is 8.78 Å². The Hall–Kier alpha value is -0.743. The fraction of sp³-hybridized carbons (Fsp3) is 0.500. The lowest BCUT2D eigenvalue weighted by Gasteiger charge is -2.25. The van der Waals surface area contributed by atoms with E-state index in [0.29, 0.717) is 6.04 Å². The summed E-state index contributed by atoms with van der Waals surface area (Å²) in [5.74, 6) is -2.71. The molecule has 0 atom stereocenters. The van der Waals surface area contributed by atoms with E-state index in [-0.39, 0.29) is 6.42 Å². The van der Waals surface area contributed by atoms with Gasteiger partial charge in [-0.2, -0.15) is 0 Å². The van der Waals surface area contributed by atoms with E-state index >= 15 is 0 Å². The minimum Gasteiger partial charge on any atom is -0.325 e. The van der Waals surface area contributed by atoms with Crippen molar-refractivity contribution in [2.45, 2.75) is 31.5 Å². The lowest BCUT2D eigenvalue weighted by molar-refractivity contribution is 0.00688. The van der Waals surface area contributed by atoms with Gasteiger partial charge in [-0.25, -0.2) is 8.78 Å². The quantitative estimate of drug-likeness (QED) is 0.790. The minimum absolute atomic E-state index is 0.0996. The van der Waals surface area contributed by atoms with Gasteiger partial charge < -0.3 is 5.73 Å². The Labute approximate surface area is 96.7 Å². The fourth-order valence-corrected chi connectivity index (χ4v) is 4.01. The second kappa shape index (κ2) is 5.06. The third-order valence-corrected chi connectivity index (χ3v) is 6.37. The van der Waals surface area contributed by atoms with Crippen LogP contribution < -0.4 is 10.9 Å². The number of nitrogens with two attached hydrogens (primary N) is 1. The zero-order valence-electron chi connectivity index (χ0n) is 9.84. The predicted molar refractivity (Wildman–Crippen MR) is 67.0 cm³/mol. The van der Waals surface area contributed by atoms with Gasteiger partial charge in [-0.1, -0.05) is 48.6 Å². The third-order valence-electron chi connectivity index (χ3n) is 2.97. The van der Waals surface area contributed by atoms with Gasteiger partial charge >= 0.3 is 0 Å². The maximum atomic E-state index is 13.1. The molecule has 4 heteroatoms. The van der Waals surface area contributed by atoms with Gasteiger partial charge in [-0.05, 0) is 6.04 Å². The summed E-state index contributed by atoms with van der Waals surface area (Å²) in [4.78, 5) is 0. The normalized spacial score (nSPS) is 12.8. The second-order valence-electron chi connectivity index (χ2n) is 4.81. The molecule has 2 N–H and O–H groups in total. The highest BCUT2D eigenvalue weighted by molar-refractivity contribution is 6.89. The van der Waals surface area contributed by atoms with Crippen LogP contribution in [0.4, 0.5) is 8.78 Å². The molecule has 0 aliphatic carbocycles. The van der Waals surface area contributed by atoms with Gasteiger partial charge in [0.25, 0.3) is 5.92 Å². The summed E-state index contributed by atoms with van der Waals surface area (Å²) in [5, 5.41) is 1.22. The minimum atomic E-state index is -2.71. The van der Waals surface area contributed by atoms with Crippen LogP contribution in [0.2, 0.25) is 19.1 Å². The molecular formula is C12H19F2NSi. The molecule has 1 aromatic carbocycles. The van der Waals surface area contributed by atoms with E-state index in [1.54, 1.807) is 0 Å². The molecule has 0 spiro atoms. The first kappa shape index (κ1) is 13.3. The Bertz CT molecular complexity index is 325. The van der Waals surface area contributed by atoms with Crippen LogP contribution in [0.25, 0.3) is 0 Å². The number of rotatable bonds is 5. The summed E-state index contributed by atoms with van der Waals surface area (Å²) in [6, 6.07) is 10.5. The van der Waals surface area contributed by atoms with Crippen LogP contribution in [0.15, 0.2) is 30.3 Å². The number of alkyl halides is 2. The summed E-state index contributed by atoms with van der Waals surface area (Å²) in [6.45, 7) is 3.69. The highest BCUT2D eigenvalue weighted by atomic mass is 28.3. The van der Waals surface area contributed by atoms with Crippen molar-refractivity contribution in [1.82, 2.24) is 0 Å². The van der Waals surface area contributed by atoms with Crippen LogP contribution in [-0.4, -0.2) is 20.5 Å². The van der Waals surface area contributed by atoms with Crippen molar-refractivity contribution in [2.24, 2.45) is 5.73 Å². The molecule has 0 radical (unpaired) electrons. The largest absolute Gasteiger partial charge is 0.325 e. The zero-order chi connectivity index (χ0) is 12.2. The van der Waals surface area contributed by atoms with Crippen LogP contribution >= 0.6 is 0 Å². The number of benzene rings is 1. The molecule has 90 valence electrons. The Morgan fingerprint density at radius 2 is 1.75 bits per heavy atom. The van der Waals surface area contributed by atoms with Gasteiger partial charge in [0, 0.05) is 6.42 Å². The molecule has 1 rings (SSSR count). The molecule has 0 saturated heterocycles. The summed E-state index contributed by atoms with van der Waals surface area (Å²) >= 11 is 0. The summed E-state index contributed by atoms with van der Waals surface area (Å²) in [6.07, 6.45) is -0.0996. The van der Waals surface area contributed by atoms with E-state index in [2.05, 4.69) is 13.1 Å². The number of halogens is 2. The molecular weight excluding hydrogens is 224 g/mol. The first-order valence-corrected chi connectivity index (χ1v) is 8.71. The standard InChI is InChI=1S/C12H19F2NSi/c1-16(2,9-8-12(13,14)10-15)11-6-4-3-5-7-11/h3-7H,8-10,15H2,1-2H3. The maximum Gasteiger partial charge on any atom is 0.259 e. The Morgan fingerprint density at radius 3 is 2.25 bits per heavy atom. The molecule has 0 unspecified atom stereocenters. The molecule has 0 bridgehead atoms. The smallest absolute Gasteiger partial charge is 0.259 e. The highest BCUT2D eigenvalue weighted by Gasteiger charge is 2.32. The van der Waals surface area contributed by atoms with Crippen molar-refractivity contribution in [1.29, 1.82) is 0 Å². The van der Waals surface area contributed by atoms with E-state index in [1.807, 2.05) is 30.3 Å². The van der Waals surface area contributed by atoms with Crippen molar-refractivity contribution < 1.29 is 8.78 Å². The number of hydrogen-bond donors (Lipinski definition) is 1. The molecule has 16 heavy (non-hydrogen) atoms. The van der Waals surface area contributed by atoms with Gasteiger partial charge in [0.2, 0.25) is 0 Å². The molecule has 0 heterocycles. The Kier molecular flexibility index (Phi) is 4.21. The molecule has 0 aliphatic heterocycles. The van der Waals surface area contributed by atoms with Crippen LogP contribution in [0.5, 0.6) is 0 Å². The molecule has 0 saturated carbocycles. The van der Waals surface area contributed by atoms with Gasteiger partial charge in [0.1, 0.15) is 0 Å². The maximum absolute atomic E-state index is 13.1. The van der Waals surface area contributed by atoms with Crippen molar-refractivity contribution in [3.05, 3.63) is 30.3 Å². The average Bonchev–Trinajstić information content (AvgIpc) is 2.28. The van der Waals surface area contributed by atoms with Crippen LogP contribution in [-0.2, 0) is 0 Å². The monoisotopic (exact) mass is 243 g/mol. The molecule has 0 amide bonds. The van der Waals surface area contributed by atoms with Gasteiger partial charge in [-0.15, -0.1) is 0 Å². The Morgan fingerprint density at radius 1 is 1.19 bits per heavy atom. The Balaban J connectivity index is 2.66. The van der Waals surface area contributed by atoms with Crippen LogP contribution in [0.3, 0.4) is 0 Å². The van der Waals surface area contributed by atoms with E-state index in [4.69, 9.17) is 5.73 Å². The van der Waals surface area contributed by atoms with E-state index in [1.165, 1.54) is 5.19 Å². The van der Waals surface area contributed by atoms with Crippen LogP contribution in [0, 0.1) is 0 Å².